The number of carbonyl (C=O) groups excluding carboxylic acids is 1. The second kappa shape index (κ2) is 7.93. The molecule has 1 aromatic carbocycles. The van der Waals surface area contributed by atoms with Crippen molar-refractivity contribution in [2.24, 2.45) is 0 Å². The number of amides is 1. The van der Waals surface area contributed by atoms with E-state index in [4.69, 9.17) is 4.74 Å². The molecular formula is C19H24N2O3. The molecule has 5 nitrogen and oxygen atoms in total. The molecule has 1 amide bonds. The highest BCUT2D eigenvalue weighted by Gasteiger charge is 2.17. The third-order valence-electron chi connectivity index (χ3n) is 3.27. The van der Waals surface area contributed by atoms with Crippen molar-refractivity contribution in [1.29, 1.82) is 0 Å². The number of pyridine rings is 1. The Morgan fingerprint density at radius 2 is 1.88 bits per heavy atom. The number of aliphatic hydroxyl groups excluding tert-OH is 1. The summed E-state index contributed by atoms with van der Waals surface area (Å²) in [6, 6.07) is 13.1. The zero-order chi connectivity index (χ0) is 17.6. The molecule has 0 atom stereocenters. The van der Waals surface area contributed by atoms with E-state index in [1.807, 2.05) is 51.1 Å². The van der Waals surface area contributed by atoms with E-state index in [1.54, 1.807) is 17.0 Å². The quantitative estimate of drug-likeness (QED) is 0.885. The molecule has 0 saturated carbocycles. The van der Waals surface area contributed by atoms with Gasteiger partial charge in [-0.25, -0.2) is 4.98 Å². The molecule has 5 heteroatoms. The van der Waals surface area contributed by atoms with Gasteiger partial charge in [-0.1, -0.05) is 30.3 Å². The molecule has 1 heterocycles. The lowest BCUT2D eigenvalue weighted by Gasteiger charge is -2.23. The van der Waals surface area contributed by atoms with E-state index in [-0.39, 0.29) is 24.7 Å². The number of ether oxygens (including phenoxy) is 1. The molecule has 0 fully saturated rings. The monoisotopic (exact) mass is 328 g/mol. The summed E-state index contributed by atoms with van der Waals surface area (Å²) >= 11 is 0. The fourth-order valence-electron chi connectivity index (χ4n) is 2.24. The maximum absolute atomic E-state index is 12.7. The van der Waals surface area contributed by atoms with Crippen LogP contribution in [0.5, 0.6) is 5.88 Å². The van der Waals surface area contributed by atoms with Gasteiger partial charge >= 0.3 is 0 Å². The Balaban J connectivity index is 2.11. The van der Waals surface area contributed by atoms with Crippen LogP contribution in [0.3, 0.4) is 0 Å². The van der Waals surface area contributed by atoms with Gasteiger partial charge in [-0.05, 0) is 32.4 Å². The highest BCUT2D eigenvalue weighted by molar-refractivity contribution is 5.94. The molecule has 24 heavy (non-hydrogen) atoms. The molecule has 0 spiro atoms. The van der Waals surface area contributed by atoms with Crippen LogP contribution in [0, 0.1) is 0 Å². The van der Waals surface area contributed by atoms with E-state index >= 15 is 0 Å². The van der Waals surface area contributed by atoms with Crippen LogP contribution in [0.4, 0.5) is 0 Å². The van der Waals surface area contributed by atoms with Gasteiger partial charge in [0.15, 0.2) is 0 Å². The summed E-state index contributed by atoms with van der Waals surface area (Å²) in [5.41, 5.74) is 1.15. The van der Waals surface area contributed by atoms with Crippen LogP contribution >= 0.6 is 0 Å². The smallest absolute Gasteiger partial charge is 0.255 e. The van der Waals surface area contributed by atoms with Crippen molar-refractivity contribution in [3.05, 3.63) is 59.8 Å². The summed E-state index contributed by atoms with van der Waals surface area (Å²) in [5, 5.41) is 9.25. The topological polar surface area (TPSA) is 62.7 Å². The minimum atomic E-state index is -0.339. The van der Waals surface area contributed by atoms with Crippen LogP contribution in [0.1, 0.15) is 36.7 Å². The standard InChI is InChI=1S/C19H24N2O3/c1-19(2,3)24-17-10-9-16(13-20-17)18(23)21(11-12-22)14-15-7-5-4-6-8-15/h4-10,13,22H,11-12,14H2,1-3H3. The van der Waals surface area contributed by atoms with Gasteiger partial charge in [-0.2, -0.15) is 0 Å². The average Bonchev–Trinajstić information content (AvgIpc) is 2.54. The summed E-state index contributed by atoms with van der Waals surface area (Å²) in [7, 11) is 0. The fraction of sp³-hybridized carbons (Fsp3) is 0.368. The second-order valence-electron chi connectivity index (χ2n) is 6.54. The average molecular weight is 328 g/mol. The lowest BCUT2D eigenvalue weighted by molar-refractivity contribution is 0.0707. The fourth-order valence-corrected chi connectivity index (χ4v) is 2.24. The van der Waals surface area contributed by atoms with Gasteiger partial charge in [0.25, 0.3) is 5.91 Å². The number of rotatable bonds is 6. The summed E-state index contributed by atoms with van der Waals surface area (Å²) in [6.45, 7) is 6.45. The molecule has 0 unspecified atom stereocenters. The molecule has 128 valence electrons. The maximum atomic E-state index is 12.7. The van der Waals surface area contributed by atoms with Crippen molar-refractivity contribution in [2.75, 3.05) is 13.2 Å². The summed E-state index contributed by atoms with van der Waals surface area (Å²) in [6.07, 6.45) is 1.51. The first kappa shape index (κ1) is 17.9. The van der Waals surface area contributed by atoms with E-state index in [0.717, 1.165) is 5.56 Å². The van der Waals surface area contributed by atoms with Crippen molar-refractivity contribution >= 4 is 5.91 Å². The largest absolute Gasteiger partial charge is 0.472 e. The van der Waals surface area contributed by atoms with E-state index in [0.29, 0.717) is 18.0 Å². The SMILES string of the molecule is CC(C)(C)Oc1ccc(C(=O)N(CCO)Cc2ccccc2)cn1. The number of nitrogens with zero attached hydrogens (tertiary/aromatic N) is 2. The van der Waals surface area contributed by atoms with Gasteiger partial charge in [0, 0.05) is 25.4 Å². The van der Waals surface area contributed by atoms with Crippen molar-refractivity contribution in [1.82, 2.24) is 9.88 Å². The minimum Gasteiger partial charge on any atom is -0.472 e. The summed E-state index contributed by atoms with van der Waals surface area (Å²) < 4.78 is 5.66. The molecule has 0 saturated heterocycles. The van der Waals surface area contributed by atoms with Crippen LogP contribution in [0.2, 0.25) is 0 Å². The predicted molar refractivity (Wildman–Crippen MR) is 92.9 cm³/mol. The first-order valence-corrected chi connectivity index (χ1v) is 7.98. The first-order chi connectivity index (χ1) is 11.4. The van der Waals surface area contributed by atoms with Crippen LogP contribution in [-0.4, -0.2) is 39.7 Å². The van der Waals surface area contributed by atoms with Gasteiger partial charge in [0.2, 0.25) is 5.88 Å². The van der Waals surface area contributed by atoms with Gasteiger partial charge < -0.3 is 14.7 Å². The van der Waals surface area contributed by atoms with Crippen molar-refractivity contribution < 1.29 is 14.6 Å². The third-order valence-corrected chi connectivity index (χ3v) is 3.27. The van der Waals surface area contributed by atoms with Gasteiger partial charge in [0.1, 0.15) is 5.60 Å². The van der Waals surface area contributed by atoms with Crippen molar-refractivity contribution in [3.63, 3.8) is 0 Å². The third kappa shape index (κ3) is 5.35. The van der Waals surface area contributed by atoms with E-state index in [2.05, 4.69) is 4.98 Å². The molecule has 2 aromatic rings. The number of hydrogen-bond acceptors (Lipinski definition) is 4. The Bertz CT molecular complexity index is 649. The van der Waals surface area contributed by atoms with Crippen LogP contribution in [-0.2, 0) is 6.54 Å². The normalized spacial score (nSPS) is 11.2. The highest BCUT2D eigenvalue weighted by Crippen LogP contribution is 2.16. The lowest BCUT2D eigenvalue weighted by Crippen LogP contribution is -2.33. The molecule has 0 bridgehead atoms. The second-order valence-corrected chi connectivity index (χ2v) is 6.54. The van der Waals surface area contributed by atoms with Gasteiger partial charge in [-0.15, -0.1) is 0 Å². The molecule has 0 radical (unpaired) electrons. The Morgan fingerprint density at radius 1 is 1.17 bits per heavy atom. The van der Waals surface area contributed by atoms with E-state index in [9.17, 15) is 9.90 Å². The number of aliphatic hydroxyl groups is 1. The van der Waals surface area contributed by atoms with Crippen molar-refractivity contribution in [2.45, 2.75) is 32.9 Å². The molecule has 0 aliphatic carbocycles. The zero-order valence-corrected chi connectivity index (χ0v) is 14.4. The Morgan fingerprint density at radius 3 is 2.42 bits per heavy atom. The van der Waals surface area contributed by atoms with Crippen LogP contribution < -0.4 is 4.74 Å². The maximum Gasteiger partial charge on any atom is 0.255 e. The highest BCUT2D eigenvalue weighted by atomic mass is 16.5. The molecule has 1 N–H and O–H groups in total. The van der Waals surface area contributed by atoms with E-state index < -0.39 is 0 Å². The molecule has 0 aliphatic rings. The number of aromatic nitrogens is 1. The van der Waals surface area contributed by atoms with Gasteiger partial charge in [0.05, 0.1) is 12.2 Å². The zero-order valence-electron chi connectivity index (χ0n) is 14.4. The molecule has 0 aliphatic heterocycles. The number of carbonyl (C=O) groups is 1. The van der Waals surface area contributed by atoms with Gasteiger partial charge in [-0.3, -0.25) is 4.79 Å². The first-order valence-electron chi connectivity index (χ1n) is 7.98. The minimum absolute atomic E-state index is 0.0861. The Labute approximate surface area is 142 Å². The number of benzene rings is 1. The Hall–Kier alpha value is -2.40. The molecular weight excluding hydrogens is 304 g/mol. The van der Waals surface area contributed by atoms with Crippen LogP contribution in [0.25, 0.3) is 0 Å². The van der Waals surface area contributed by atoms with E-state index in [1.165, 1.54) is 6.20 Å². The Kier molecular flexibility index (Phi) is 5.93. The molecule has 2 rings (SSSR count). The lowest BCUT2D eigenvalue weighted by atomic mass is 10.2. The predicted octanol–water partition coefficient (Wildman–Crippen LogP) is 2.89. The number of hydrogen-bond donors (Lipinski definition) is 1. The molecule has 1 aromatic heterocycles. The summed E-state index contributed by atoms with van der Waals surface area (Å²) in [5.74, 6) is 0.318. The van der Waals surface area contributed by atoms with Crippen molar-refractivity contribution in [3.8, 4) is 5.88 Å². The van der Waals surface area contributed by atoms with Crippen LogP contribution in [0.15, 0.2) is 48.7 Å². The summed E-state index contributed by atoms with van der Waals surface area (Å²) in [4.78, 5) is 18.5.